The zero-order valence-corrected chi connectivity index (χ0v) is 14.1. The maximum atomic E-state index is 12.5. The number of methoxy groups -OCH3 is 2. The van der Waals surface area contributed by atoms with Crippen LogP contribution in [0.3, 0.4) is 0 Å². The number of amides is 1. The minimum absolute atomic E-state index is 0.0806. The van der Waals surface area contributed by atoms with E-state index < -0.39 is 0 Å². The minimum Gasteiger partial charge on any atom is -0.493 e. The number of carbonyl (C=O) groups is 1. The van der Waals surface area contributed by atoms with Crippen molar-refractivity contribution in [1.29, 1.82) is 0 Å². The van der Waals surface area contributed by atoms with Crippen LogP contribution in [0.1, 0.15) is 10.4 Å². The first-order valence-electron chi connectivity index (χ1n) is 7.41. The molecule has 0 saturated carbocycles. The third-order valence-corrected chi connectivity index (χ3v) is 4.06. The van der Waals surface area contributed by atoms with Gasteiger partial charge in [0.15, 0.2) is 11.5 Å². The molecular weight excluding hydrogens is 332 g/mol. The Bertz CT molecular complexity index is 747. The molecule has 1 amide bonds. The second-order valence-corrected chi connectivity index (χ2v) is 5.72. The van der Waals surface area contributed by atoms with Crippen molar-refractivity contribution in [2.24, 2.45) is 0 Å². The Morgan fingerprint density at radius 3 is 2.62 bits per heavy atom. The molecule has 3 rings (SSSR count). The van der Waals surface area contributed by atoms with Crippen molar-refractivity contribution < 1.29 is 19.0 Å². The average molecular weight is 349 g/mol. The van der Waals surface area contributed by atoms with Gasteiger partial charge in [0.2, 0.25) is 5.88 Å². The van der Waals surface area contributed by atoms with Crippen molar-refractivity contribution in [3.05, 3.63) is 47.1 Å². The maximum Gasteiger partial charge on any atom is 0.254 e. The van der Waals surface area contributed by atoms with Crippen molar-refractivity contribution in [3.63, 3.8) is 0 Å². The van der Waals surface area contributed by atoms with Gasteiger partial charge in [-0.1, -0.05) is 11.6 Å². The van der Waals surface area contributed by atoms with E-state index >= 15 is 0 Å². The Labute approximate surface area is 144 Å². The highest BCUT2D eigenvalue weighted by molar-refractivity contribution is 6.31. The van der Waals surface area contributed by atoms with E-state index in [0.717, 1.165) is 0 Å². The van der Waals surface area contributed by atoms with Crippen LogP contribution in [0, 0.1) is 0 Å². The first-order valence-corrected chi connectivity index (χ1v) is 7.78. The molecule has 2 aromatic rings. The smallest absolute Gasteiger partial charge is 0.254 e. The van der Waals surface area contributed by atoms with E-state index in [1.54, 1.807) is 48.5 Å². The van der Waals surface area contributed by atoms with Crippen LogP contribution in [0.5, 0.6) is 17.4 Å². The lowest BCUT2D eigenvalue weighted by Gasteiger charge is -2.38. The molecule has 0 spiro atoms. The van der Waals surface area contributed by atoms with Gasteiger partial charge >= 0.3 is 0 Å². The lowest BCUT2D eigenvalue weighted by Crippen LogP contribution is -2.56. The topological polar surface area (TPSA) is 60.9 Å². The molecule has 0 atom stereocenters. The molecule has 126 valence electrons. The largest absolute Gasteiger partial charge is 0.493 e. The van der Waals surface area contributed by atoms with E-state index in [0.29, 0.717) is 41.1 Å². The summed E-state index contributed by atoms with van der Waals surface area (Å²) in [4.78, 5) is 18.3. The van der Waals surface area contributed by atoms with Crippen LogP contribution in [0.4, 0.5) is 0 Å². The minimum atomic E-state index is -0.110. The van der Waals surface area contributed by atoms with Crippen molar-refractivity contribution in [3.8, 4) is 17.4 Å². The summed E-state index contributed by atoms with van der Waals surface area (Å²) in [6, 6.07) is 8.56. The fourth-order valence-corrected chi connectivity index (χ4v) is 2.61. The molecule has 0 bridgehead atoms. The highest BCUT2D eigenvalue weighted by atomic mass is 35.5. The molecule has 6 nitrogen and oxygen atoms in total. The Balaban J connectivity index is 1.61. The predicted octanol–water partition coefficient (Wildman–Crippen LogP) is 2.66. The van der Waals surface area contributed by atoms with Gasteiger partial charge in [-0.3, -0.25) is 4.79 Å². The molecule has 1 aromatic carbocycles. The number of carbonyl (C=O) groups excluding carboxylic acids is 1. The van der Waals surface area contributed by atoms with E-state index in [1.165, 1.54) is 7.11 Å². The maximum absolute atomic E-state index is 12.5. The first-order chi connectivity index (χ1) is 11.6. The number of benzene rings is 1. The molecule has 0 unspecified atom stereocenters. The third-order valence-electron chi connectivity index (χ3n) is 3.77. The molecule has 2 heterocycles. The van der Waals surface area contributed by atoms with E-state index in [4.69, 9.17) is 25.8 Å². The number of ether oxygens (including phenoxy) is 3. The van der Waals surface area contributed by atoms with Gasteiger partial charge in [0.1, 0.15) is 11.1 Å². The number of hydrogen-bond donors (Lipinski definition) is 0. The summed E-state index contributed by atoms with van der Waals surface area (Å²) >= 11 is 6.01. The average Bonchev–Trinajstić information content (AvgIpc) is 2.58. The van der Waals surface area contributed by atoms with Crippen molar-refractivity contribution in [2.45, 2.75) is 6.10 Å². The van der Waals surface area contributed by atoms with Gasteiger partial charge in [-0.05, 0) is 30.3 Å². The van der Waals surface area contributed by atoms with Gasteiger partial charge in [-0.2, -0.15) is 0 Å². The molecule has 1 aromatic heterocycles. The zero-order valence-electron chi connectivity index (χ0n) is 13.4. The Hall–Kier alpha value is -2.47. The van der Waals surface area contributed by atoms with Crippen LogP contribution in [0.15, 0.2) is 36.5 Å². The van der Waals surface area contributed by atoms with Crippen LogP contribution in [0.2, 0.25) is 5.02 Å². The second-order valence-electron chi connectivity index (χ2n) is 5.31. The van der Waals surface area contributed by atoms with Gasteiger partial charge in [-0.25, -0.2) is 4.98 Å². The molecule has 24 heavy (non-hydrogen) atoms. The number of nitrogens with zero attached hydrogens (tertiary/aromatic N) is 2. The fraction of sp³-hybridized carbons (Fsp3) is 0.294. The molecule has 0 aliphatic carbocycles. The zero-order chi connectivity index (χ0) is 17.1. The summed E-state index contributed by atoms with van der Waals surface area (Å²) < 4.78 is 16.1. The van der Waals surface area contributed by atoms with Crippen molar-refractivity contribution in [2.75, 3.05) is 27.3 Å². The van der Waals surface area contributed by atoms with E-state index in [1.807, 2.05) is 0 Å². The summed E-state index contributed by atoms with van der Waals surface area (Å²) in [6.07, 6.45) is 1.51. The van der Waals surface area contributed by atoms with Gasteiger partial charge in [0, 0.05) is 11.8 Å². The summed E-state index contributed by atoms with van der Waals surface area (Å²) in [7, 11) is 3.09. The van der Waals surface area contributed by atoms with Crippen molar-refractivity contribution in [1.82, 2.24) is 9.88 Å². The lowest BCUT2D eigenvalue weighted by molar-refractivity contribution is 0.0160. The third kappa shape index (κ3) is 3.23. The Morgan fingerprint density at radius 1 is 1.21 bits per heavy atom. The Morgan fingerprint density at radius 2 is 1.96 bits per heavy atom. The SMILES string of the molecule is COc1ccc(C(=O)N2CC(Oc3ncccc3Cl)C2)cc1OC. The van der Waals surface area contributed by atoms with E-state index in [-0.39, 0.29) is 12.0 Å². The summed E-state index contributed by atoms with van der Waals surface area (Å²) in [5.74, 6) is 1.42. The highest BCUT2D eigenvalue weighted by Crippen LogP contribution is 2.29. The number of aromatic nitrogens is 1. The number of rotatable bonds is 5. The van der Waals surface area contributed by atoms with Gasteiger partial charge in [0.25, 0.3) is 5.91 Å². The summed E-state index contributed by atoms with van der Waals surface area (Å²) in [6.45, 7) is 0.972. The predicted molar refractivity (Wildman–Crippen MR) is 89.1 cm³/mol. The standard InChI is InChI=1S/C17H17ClN2O4/c1-22-14-6-5-11(8-15(14)23-2)17(21)20-9-12(10-20)24-16-13(18)4-3-7-19-16/h3-8,12H,9-10H2,1-2H3. The number of hydrogen-bond acceptors (Lipinski definition) is 5. The molecule has 0 N–H and O–H groups in total. The van der Waals surface area contributed by atoms with Crippen LogP contribution in [-0.4, -0.2) is 49.2 Å². The molecule has 0 radical (unpaired) electrons. The quantitative estimate of drug-likeness (QED) is 0.831. The molecular formula is C17H17ClN2O4. The normalized spacial score (nSPS) is 14.0. The van der Waals surface area contributed by atoms with Crippen LogP contribution >= 0.6 is 11.6 Å². The monoisotopic (exact) mass is 348 g/mol. The Kier molecular flexibility index (Phi) is 4.76. The first kappa shape index (κ1) is 16.4. The molecule has 1 saturated heterocycles. The van der Waals surface area contributed by atoms with Crippen LogP contribution in [0.25, 0.3) is 0 Å². The molecule has 7 heteroatoms. The lowest BCUT2D eigenvalue weighted by atomic mass is 10.1. The highest BCUT2D eigenvalue weighted by Gasteiger charge is 2.33. The second kappa shape index (κ2) is 6.97. The van der Waals surface area contributed by atoms with Gasteiger partial charge < -0.3 is 19.1 Å². The number of pyridine rings is 1. The van der Waals surface area contributed by atoms with Crippen LogP contribution in [-0.2, 0) is 0 Å². The molecule has 1 aliphatic heterocycles. The number of likely N-dealkylation sites (tertiary alicyclic amines) is 1. The summed E-state index contributed by atoms with van der Waals surface area (Å²) in [5, 5.41) is 0.460. The molecule has 1 aliphatic rings. The van der Waals surface area contributed by atoms with Crippen molar-refractivity contribution >= 4 is 17.5 Å². The molecule has 1 fully saturated rings. The van der Waals surface area contributed by atoms with E-state index in [9.17, 15) is 4.79 Å². The van der Waals surface area contributed by atoms with Crippen LogP contribution < -0.4 is 14.2 Å². The fourth-order valence-electron chi connectivity index (χ4n) is 2.45. The van der Waals surface area contributed by atoms with E-state index in [2.05, 4.69) is 4.98 Å². The number of halogens is 1. The van der Waals surface area contributed by atoms with Gasteiger partial charge in [0.05, 0.1) is 27.3 Å². The van der Waals surface area contributed by atoms with Gasteiger partial charge in [-0.15, -0.1) is 0 Å². The summed E-state index contributed by atoms with van der Waals surface area (Å²) in [5.41, 5.74) is 0.543.